The molecular weight excluding hydrogens is 184 g/mol. The summed E-state index contributed by atoms with van der Waals surface area (Å²) in [5, 5.41) is 3.46. The van der Waals surface area contributed by atoms with Crippen LogP contribution in [0.25, 0.3) is 0 Å². The highest BCUT2D eigenvalue weighted by Crippen LogP contribution is 2.37. The number of hydrogen-bond donors (Lipinski definition) is 1. The van der Waals surface area contributed by atoms with Crippen LogP contribution in [0.4, 0.5) is 0 Å². The molecule has 0 amide bonds. The number of nitrogens with one attached hydrogen (secondary N) is 1. The van der Waals surface area contributed by atoms with Crippen LogP contribution in [0.15, 0.2) is 0 Å². The molecule has 0 radical (unpaired) electrons. The zero-order valence-electron chi connectivity index (χ0n) is 10.6. The molecular formula is C13H24N2. The van der Waals surface area contributed by atoms with Crippen molar-refractivity contribution in [1.29, 1.82) is 0 Å². The fourth-order valence-corrected chi connectivity index (χ4v) is 2.86. The lowest BCUT2D eigenvalue weighted by Crippen LogP contribution is -2.56. The predicted molar refractivity (Wildman–Crippen MR) is 65.8 cm³/mol. The zero-order valence-corrected chi connectivity index (χ0v) is 10.6. The summed E-state index contributed by atoms with van der Waals surface area (Å²) < 4.78 is 0. The van der Waals surface area contributed by atoms with Crippen molar-refractivity contribution >= 4 is 0 Å². The van der Waals surface area contributed by atoms with E-state index in [0.29, 0.717) is 11.6 Å². The lowest BCUT2D eigenvalue weighted by atomic mass is 9.85. The van der Waals surface area contributed by atoms with Gasteiger partial charge in [0.25, 0.3) is 0 Å². The fraction of sp³-hybridized carbons (Fsp3) is 0.846. The summed E-state index contributed by atoms with van der Waals surface area (Å²) in [7, 11) is 6.47. The minimum absolute atomic E-state index is 0.332. The predicted octanol–water partition coefficient (Wildman–Crippen LogP) is 1.86. The van der Waals surface area contributed by atoms with Gasteiger partial charge in [-0.2, -0.15) is 0 Å². The van der Waals surface area contributed by atoms with Crippen LogP contribution in [-0.4, -0.2) is 37.6 Å². The first-order valence-electron chi connectivity index (χ1n) is 5.91. The molecule has 0 heterocycles. The first-order valence-corrected chi connectivity index (χ1v) is 5.91. The van der Waals surface area contributed by atoms with Crippen molar-refractivity contribution < 1.29 is 0 Å². The van der Waals surface area contributed by atoms with Crippen molar-refractivity contribution in [2.45, 2.75) is 50.6 Å². The minimum atomic E-state index is 0.332. The van der Waals surface area contributed by atoms with Crippen LogP contribution in [0.5, 0.6) is 0 Å². The largest absolute Gasteiger partial charge is 0.314 e. The molecule has 2 heteroatoms. The molecule has 0 aliphatic heterocycles. The third-order valence-corrected chi connectivity index (χ3v) is 3.84. The highest BCUT2D eigenvalue weighted by Gasteiger charge is 2.41. The first kappa shape index (κ1) is 12.5. The molecule has 0 aromatic carbocycles. The number of likely N-dealkylation sites (N-methyl/N-ethyl adjacent to an activating group) is 2. The molecule has 1 fully saturated rings. The maximum Gasteiger partial charge on any atom is 0.0365 e. The van der Waals surface area contributed by atoms with E-state index < -0.39 is 0 Å². The Morgan fingerprint density at radius 1 is 1.33 bits per heavy atom. The summed E-state index contributed by atoms with van der Waals surface area (Å²) in [6.45, 7) is 1.92. The molecule has 86 valence electrons. The average molecular weight is 208 g/mol. The van der Waals surface area contributed by atoms with Gasteiger partial charge in [-0.05, 0) is 40.9 Å². The second-order valence-corrected chi connectivity index (χ2v) is 4.68. The third-order valence-electron chi connectivity index (χ3n) is 3.84. The van der Waals surface area contributed by atoms with Crippen molar-refractivity contribution in [3.63, 3.8) is 0 Å². The molecule has 1 unspecified atom stereocenters. The molecule has 0 bridgehead atoms. The quantitative estimate of drug-likeness (QED) is 0.710. The van der Waals surface area contributed by atoms with Gasteiger partial charge in [-0.3, -0.25) is 0 Å². The van der Waals surface area contributed by atoms with E-state index in [0.717, 1.165) is 6.42 Å². The molecule has 1 saturated carbocycles. The Morgan fingerprint density at radius 3 is 2.33 bits per heavy atom. The van der Waals surface area contributed by atoms with Gasteiger partial charge in [-0.1, -0.05) is 12.8 Å². The van der Waals surface area contributed by atoms with E-state index in [-0.39, 0.29) is 0 Å². The molecule has 1 N–H and O–H groups in total. The summed E-state index contributed by atoms with van der Waals surface area (Å²) in [5.74, 6) is 6.22. The Bertz CT molecular complexity index is 241. The summed E-state index contributed by atoms with van der Waals surface area (Å²) in [4.78, 5) is 2.40. The highest BCUT2D eigenvalue weighted by atomic mass is 15.2. The Labute approximate surface area is 94.4 Å². The molecule has 15 heavy (non-hydrogen) atoms. The number of nitrogens with zero attached hydrogens (tertiary/aromatic N) is 1. The lowest BCUT2D eigenvalue weighted by molar-refractivity contribution is 0.110. The van der Waals surface area contributed by atoms with Crippen LogP contribution in [0, 0.1) is 11.8 Å². The van der Waals surface area contributed by atoms with E-state index in [4.69, 9.17) is 0 Å². The van der Waals surface area contributed by atoms with Crippen LogP contribution in [0.1, 0.15) is 39.0 Å². The van der Waals surface area contributed by atoms with Gasteiger partial charge in [0.2, 0.25) is 0 Å². The zero-order chi connectivity index (χ0) is 11.3. The second kappa shape index (κ2) is 5.53. The topological polar surface area (TPSA) is 15.3 Å². The summed E-state index contributed by atoms with van der Waals surface area (Å²) in [6, 6.07) is 0.502. The van der Waals surface area contributed by atoms with Crippen molar-refractivity contribution in [3.05, 3.63) is 0 Å². The Balaban J connectivity index is 2.79. The van der Waals surface area contributed by atoms with E-state index in [1.165, 1.54) is 25.7 Å². The Kier molecular flexibility index (Phi) is 4.63. The van der Waals surface area contributed by atoms with Gasteiger partial charge in [0.05, 0.1) is 0 Å². The maximum atomic E-state index is 3.46. The summed E-state index contributed by atoms with van der Waals surface area (Å²) >= 11 is 0. The Morgan fingerprint density at radius 2 is 1.93 bits per heavy atom. The molecule has 2 nitrogen and oxygen atoms in total. The second-order valence-electron chi connectivity index (χ2n) is 4.68. The van der Waals surface area contributed by atoms with E-state index in [2.05, 4.69) is 43.2 Å². The molecule has 0 saturated heterocycles. The molecule has 1 aliphatic carbocycles. The Hall–Kier alpha value is -0.520. The van der Waals surface area contributed by atoms with Gasteiger partial charge >= 0.3 is 0 Å². The fourth-order valence-electron chi connectivity index (χ4n) is 2.86. The van der Waals surface area contributed by atoms with E-state index in [9.17, 15) is 0 Å². The van der Waals surface area contributed by atoms with Gasteiger partial charge in [0.15, 0.2) is 0 Å². The normalized spacial score (nSPS) is 21.1. The average Bonchev–Trinajstić information content (AvgIpc) is 2.69. The summed E-state index contributed by atoms with van der Waals surface area (Å²) in [6.07, 6.45) is 6.28. The molecule has 1 aliphatic rings. The minimum Gasteiger partial charge on any atom is -0.314 e. The van der Waals surface area contributed by atoms with Crippen LogP contribution in [-0.2, 0) is 0 Å². The smallest absolute Gasteiger partial charge is 0.0365 e. The van der Waals surface area contributed by atoms with Gasteiger partial charge in [0.1, 0.15) is 0 Å². The van der Waals surface area contributed by atoms with Crippen molar-refractivity contribution in [1.82, 2.24) is 10.2 Å². The SMILES string of the molecule is CC#CCC(NC)C1(N(C)C)CCCC1. The van der Waals surface area contributed by atoms with Gasteiger partial charge in [-0.15, -0.1) is 11.8 Å². The standard InChI is InChI=1S/C13H24N2/c1-5-6-9-12(14-2)13(15(3)4)10-7-8-11-13/h12,14H,7-11H2,1-4H3. The number of rotatable bonds is 4. The summed E-state index contributed by atoms with van der Waals surface area (Å²) in [5.41, 5.74) is 0.332. The molecule has 0 aromatic heterocycles. The third kappa shape index (κ3) is 2.53. The molecule has 1 rings (SSSR count). The monoisotopic (exact) mass is 208 g/mol. The van der Waals surface area contributed by atoms with Crippen LogP contribution in [0.2, 0.25) is 0 Å². The van der Waals surface area contributed by atoms with Gasteiger partial charge in [0, 0.05) is 18.0 Å². The van der Waals surface area contributed by atoms with Crippen molar-refractivity contribution in [2.75, 3.05) is 21.1 Å². The van der Waals surface area contributed by atoms with Crippen LogP contribution in [0.3, 0.4) is 0 Å². The molecule has 0 spiro atoms. The number of hydrogen-bond acceptors (Lipinski definition) is 2. The first-order chi connectivity index (χ1) is 7.17. The van der Waals surface area contributed by atoms with Crippen molar-refractivity contribution in [2.24, 2.45) is 0 Å². The molecule has 0 aromatic rings. The van der Waals surface area contributed by atoms with E-state index >= 15 is 0 Å². The molecule has 1 atom stereocenters. The maximum absolute atomic E-state index is 3.46. The van der Waals surface area contributed by atoms with Gasteiger partial charge in [-0.25, -0.2) is 0 Å². The van der Waals surface area contributed by atoms with E-state index in [1.807, 2.05) is 6.92 Å². The lowest BCUT2D eigenvalue weighted by Gasteiger charge is -2.42. The van der Waals surface area contributed by atoms with Crippen LogP contribution < -0.4 is 5.32 Å². The van der Waals surface area contributed by atoms with E-state index in [1.54, 1.807) is 0 Å². The van der Waals surface area contributed by atoms with Crippen molar-refractivity contribution in [3.8, 4) is 11.8 Å². The van der Waals surface area contributed by atoms with Gasteiger partial charge < -0.3 is 10.2 Å². The highest BCUT2D eigenvalue weighted by molar-refractivity contribution is 5.08. The van der Waals surface area contributed by atoms with Crippen LogP contribution >= 0.6 is 0 Å².